The maximum absolute atomic E-state index is 4.80. The van der Waals surface area contributed by atoms with Gasteiger partial charge in [-0.15, -0.1) is 0 Å². The summed E-state index contributed by atoms with van der Waals surface area (Å²) in [7, 11) is 0. The summed E-state index contributed by atoms with van der Waals surface area (Å²) in [6.07, 6.45) is 4.42. The molecule has 2 heteroatoms. The summed E-state index contributed by atoms with van der Waals surface area (Å²) in [5.41, 5.74) is 3.66. The van der Waals surface area contributed by atoms with Crippen LogP contribution in [-0.2, 0) is 6.42 Å². The maximum Gasteiger partial charge on any atom is 0.110 e. The van der Waals surface area contributed by atoms with Crippen molar-refractivity contribution in [2.75, 3.05) is 0 Å². The smallest absolute Gasteiger partial charge is 0.110 e. The first-order valence-electron chi connectivity index (χ1n) is 7.10. The number of rotatable bonds is 2. The van der Waals surface area contributed by atoms with Crippen LogP contribution in [-0.4, -0.2) is 9.55 Å². The summed E-state index contributed by atoms with van der Waals surface area (Å²) in [6, 6.07) is 21.6. The molecule has 0 radical (unpaired) electrons. The van der Waals surface area contributed by atoms with E-state index in [1.165, 1.54) is 17.0 Å². The lowest BCUT2D eigenvalue weighted by molar-refractivity contribution is 0.621. The van der Waals surface area contributed by atoms with Gasteiger partial charge in [-0.25, -0.2) is 4.98 Å². The monoisotopic (exact) mass is 260 g/mol. The standard InChI is InChI=1S/C18H16N2/c1-3-7-14(8-4-1)16-13-20-17(11-12-18(20)19-16)15-9-5-2-6-10-15/h1-10,13,17H,11-12H2. The molecule has 0 saturated carbocycles. The first kappa shape index (κ1) is 11.5. The van der Waals surface area contributed by atoms with Gasteiger partial charge in [-0.1, -0.05) is 60.7 Å². The molecule has 98 valence electrons. The second kappa shape index (κ2) is 4.64. The van der Waals surface area contributed by atoms with Crippen LogP contribution in [0.25, 0.3) is 11.3 Å². The lowest BCUT2D eigenvalue weighted by Gasteiger charge is -2.12. The molecule has 3 aromatic rings. The Morgan fingerprint density at radius 1 is 0.900 bits per heavy atom. The van der Waals surface area contributed by atoms with Gasteiger partial charge in [-0.2, -0.15) is 0 Å². The number of hydrogen-bond donors (Lipinski definition) is 0. The van der Waals surface area contributed by atoms with E-state index in [1.54, 1.807) is 0 Å². The molecular formula is C18H16N2. The number of hydrogen-bond acceptors (Lipinski definition) is 1. The van der Waals surface area contributed by atoms with E-state index in [0.717, 1.165) is 18.5 Å². The molecule has 0 saturated heterocycles. The summed E-state index contributed by atoms with van der Waals surface area (Å²) in [4.78, 5) is 4.80. The van der Waals surface area contributed by atoms with Crippen LogP contribution < -0.4 is 0 Å². The van der Waals surface area contributed by atoms with Crippen LogP contribution in [0.15, 0.2) is 66.9 Å². The Kier molecular flexibility index (Phi) is 2.66. The molecule has 0 amide bonds. The van der Waals surface area contributed by atoms with E-state index in [0.29, 0.717) is 6.04 Å². The molecule has 2 heterocycles. The van der Waals surface area contributed by atoms with Crippen molar-refractivity contribution >= 4 is 0 Å². The summed E-state index contributed by atoms with van der Waals surface area (Å²) >= 11 is 0. The Morgan fingerprint density at radius 2 is 1.60 bits per heavy atom. The molecule has 0 fully saturated rings. The van der Waals surface area contributed by atoms with Crippen molar-refractivity contribution in [3.8, 4) is 11.3 Å². The quantitative estimate of drug-likeness (QED) is 0.678. The van der Waals surface area contributed by atoms with Crippen molar-refractivity contribution in [3.05, 3.63) is 78.2 Å². The second-order valence-corrected chi connectivity index (χ2v) is 5.28. The third-order valence-electron chi connectivity index (χ3n) is 4.04. The first-order valence-corrected chi connectivity index (χ1v) is 7.10. The lowest BCUT2D eigenvalue weighted by atomic mass is 10.0. The average Bonchev–Trinajstić information content (AvgIpc) is 3.09. The molecule has 1 aromatic heterocycles. The first-order chi connectivity index (χ1) is 9.92. The maximum atomic E-state index is 4.80. The number of nitrogens with zero attached hydrogens (tertiary/aromatic N) is 2. The van der Waals surface area contributed by atoms with Crippen LogP contribution in [0.4, 0.5) is 0 Å². The Hall–Kier alpha value is -2.35. The SMILES string of the molecule is c1ccc(-c2cn3c(n2)CCC3c2ccccc2)cc1. The van der Waals surface area contributed by atoms with E-state index in [-0.39, 0.29) is 0 Å². The summed E-state index contributed by atoms with van der Waals surface area (Å²) in [5.74, 6) is 1.21. The molecule has 4 rings (SSSR count). The van der Waals surface area contributed by atoms with Gasteiger partial charge >= 0.3 is 0 Å². The Labute approximate surface area is 118 Å². The molecule has 1 aliphatic rings. The molecular weight excluding hydrogens is 244 g/mol. The Morgan fingerprint density at radius 3 is 2.35 bits per heavy atom. The average molecular weight is 260 g/mol. The van der Waals surface area contributed by atoms with Crippen LogP contribution in [0, 0.1) is 0 Å². The lowest BCUT2D eigenvalue weighted by Crippen LogP contribution is -2.03. The van der Waals surface area contributed by atoms with Gasteiger partial charge in [0.05, 0.1) is 11.7 Å². The number of aromatic nitrogens is 2. The van der Waals surface area contributed by atoms with Gasteiger partial charge in [-0.05, 0) is 12.0 Å². The minimum atomic E-state index is 0.441. The minimum Gasteiger partial charge on any atom is -0.327 e. The molecule has 2 aromatic carbocycles. The van der Waals surface area contributed by atoms with Crippen molar-refractivity contribution in [1.82, 2.24) is 9.55 Å². The number of benzene rings is 2. The van der Waals surface area contributed by atoms with E-state index >= 15 is 0 Å². The third kappa shape index (κ3) is 1.85. The third-order valence-corrected chi connectivity index (χ3v) is 4.04. The molecule has 0 bridgehead atoms. The Balaban J connectivity index is 1.74. The van der Waals surface area contributed by atoms with Gasteiger partial charge in [0.15, 0.2) is 0 Å². The van der Waals surface area contributed by atoms with Crippen LogP contribution >= 0.6 is 0 Å². The topological polar surface area (TPSA) is 17.8 Å². The van der Waals surface area contributed by atoms with Gasteiger partial charge in [0.1, 0.15) is 5.82 Å². The highest BCUT2D eigenvalue weighted by atomic mass is 15.1. The molecule has 1 aliphatic heterocycles. The van der Waals surface area contributed by atoms with E-state index in [4.69, 9.17) is 4.98 Å². The minimum absolute atomic E-state index is 0.441. The summed E-state index contributed by atoms with van der Waals surface area (Å²) < 4.78 is 2.34. The molecule has 1 unspecified atom stereocenters. The van der Waals surface area contributed by atoms with E-state index in [1.807, 2.05) is 6.07 Å². The van der Waals surface area contributed by atoms with Crippen LogP contribution in [0.3, 0.4) is 0 Å². The van der Waals surface area contributed by atoms with Gasteiger partial charge < -0.3 is 4.57 Å². The van der Waals surface area contributed by atoms with Crippen LogP contribution in [0.2, 0.25) is 0 Å². The predicted octanol–water partition coefficient (Wildman–Crippen LogP) is 4.09. The zero-order chi connectivity index (χ0) is 13.4. The molecule has 0 aliphatic carbocycles. The normalized spacial score (nSPS) is 17.1. The highest BCUT2D eigenvalue weighted by Crippen LogP contribution is 2.33. The summed E-state index contributed by atoms with van der Waals surface area (Å²) in [5, 5.41) is 0. The highest BCUT2D eigenvalue weighted by Gasteiger charge is 2.25. The van der Waals surface area contributed by atoms with Crippen molar-refractivity contribution in [1.29, 1.82) is 0 Å². The fourth-order valence-corrected chi connectivity index (χ4v) is 3.04. The molecule has 0 N–H and O–H groups in total. The largest absolute Gasteiger partial charge is 0.327 e. The zero-order valence-corrected chi connectivity index (χ0v) is 11.2. The van der Waals surface area contributed by atoms with E-state index in [2.05, 4.69) is 65.4 Å². The van der Waals surface area contributed by atoms with Gasteiger partial charge in [0, 0.05) is 18.2 Å². The van der Waals surface area contributed by atoms with Gasteiger partial charge in [-0.3, -0.25) is 0 Å². The molecule has 1 atom stereocenters. The zero-order valence-electron chi connectivity index (χ0n) is 11.2. The van der Waals surface area contributed by atoms with Crippen LogP contribution in [0.1, 0.15) is 23.9 Å². The van der Waals surface area contributed by atoms with Crippen molar-refractivity contribution in [2.45, 2.75) is 18.9 Å². The van der Waals surface area contributed by atoms with Crippen molar-refractivity contribution < 1.29 is 0 Å². The van der Waals surface area contributed by atoms with Crippen LogP contribution in [0.5, 0.6) is 0 Å². The molecule has 20 heavy (non-hydrogen) atoms. The number of fused-ring (bicyclic) bond motifs is 1. The fraction of sp³-hybridized carbons (Fsp3) is 0.167. The van der Waals surface area contributed by atoms with Crippen molar-refractivity contribution in [2.24, 2.45) is 0 Å². The van der Waals surface area contributed by atoms with E-state index < -0.39 is 0 Å². The van der Waals surface area contributed by atoms with Gasteiger partial charge in [0.25, 0.3) is 0 Å². The molecule has 2 nitrogen and oxygen atoms in total. The number of imidazole rings is 1. The second-order valence-electron chi connectivity index (χ2n) is 5.28. The Bertz CT molecular complexity index is 714. The molecule has 0 spiro atoms. The fourth-order valence-electron chi connectivity index (χ4n) is 3.04. The van der Waals surface area contributed by atoms with E-state index in [9.17, 15) is 0 Å². The highest BCUT2D eigenvalue weighted by molar-refractivity contribution is 5.58. The van der Waals surface area contributed by atoms with Gasteiger partial charge in [0.2, 0.25) is 0 Å². The predicted molar refractivity (Wildman–Crippen MR) is 80.6 cm³/mol. The van der Waals surface area contributed by atoms with Crippen molar-refractivity contribution in [3.63, 3.8) is 0 Å². The summed E-state index contributed by atoms with van der Waals surface area (Å²) in [6.45, 7) is 0. The number of aryl methyl sites for hydroxylation is 1.